The van der Waals surface area contributed by atoms with Crippen LogP contribution in [0.1, 0.15) is 17.7 Å². The molecule has 1 aliphatic rings. The molecule has 1 N–H and O–H groups in total. The molecular weight excluding hydrogens is 280 g/mol. The van der Waals surface area contributed by atoms with E-state index in [-0.39, 0.29) is 11.8 Å². The summed E-state index contributed by atoms with van der Waals surface area (Å²) in [5, 5.41) is 11.1. The molecule has 0 unspecified atom stereocenters. The summed E-state index contributed by atoms with van der Waals surface area (Å²) < 4.78 is 7.26. The van der Waals surface area contributed by atoms with E-state index in [0.29, 0.717) is 26.3 Å². The number of aryl methyl sites for hydroxylation is 1. The Labute approximate surface area is 129 Å². The molecule has 0 radical (unpaired) electrons. The van der Waals surface area contributed by atoms with E-state index in [4.69, 9.17) is 4.74 Å². The average Bonchev–Trinajstić information content (AvgIpc) is 2.99. The SMILES string of the molecule is O=C1NCCOCc2cn(nn2)CC[C@H]1Cc1ccccc1. The van der Waals surface area contributed by atoms with Crippen LogP contribution < -0.4 is 5.32 Å². The predicted octanol–water partition coefficient (Wildman–Crippen LogP) is 1.17. The van der Waals surface area contributed by atoms with Crippen LogP contribution in [-0.4, -0.2) is 34.1 Å². The first-order valence-corrected chi connectivity index (χ1v) is 7.59. The second-order valence-corrected chi connectivity index (χ2v) is 5.49. The van der Waals surface area contributed by atoms with Gasteiger partial charge in [0.2, 0.25) is 5.91 Å². The number of hydrogen-bond acceptors (Lipinski definition) is 4. The molecule has 0 saturated carbocycles. The van der Waals surface area contributed by atoms with Gasteiger partial charge in [-0.3, -0.25) is 9.48 Å². The van der Waals surface area contributed by atoms with Gasteiger partial charge in [0.05, 0.1) is 19.4 Å². The first-order chi connectivity index (χ1) is 10.8. The summed E-state index contributed by atoms with van der Waals surface area (Å²) in [6.45, 7) is 2.12. The number of ether oxygens (including phenoxy) is 1. The Hall–Kier alpha value is -2.21. The largest absolute Gasteiger partial charge is 0.373 e. The molecule has 0 fully saturated rings. The van der Waals surface area contributed by atoms with Crippen LogP contribution in [0.25, 0.3) is 0 Å². The number of amides is 1. The first kappa shape index (κ1) is 14.7. The number of nitrogens with one attached hydrogen (secondary N) is 1. The standard InChI is InChI=1S/C16H20N4O2/c21-16-14(10-13-4-2-1-3-5-13)6-8-20-11-15(18-19-20)12-22-9-7-17-16/h1-5,11,14H,6-10,12H2,(H,17,21)/t14-/m0/s1. The molecule has 6 heteroatoms. The van der Waals surface area contributed by atoms with E-state index in [1.165, 1.54) is 5.56 Å². The van der Waals surface area contributed by atoms with Gasteiger partial charge in [0.15, 0.2) is 0 Å². The van der Waals surface area contributed by atoms with Gasteiger partial charge < -0.3 is 10.1 Å². The molecule has 0 aliphatic carbocycles. The molecule has 1 atom stereocenters. The lowest BCUT2D eigenvalue weighted by Gasteiger charge is -2.17. The van der Waals surface area contributed by atoms with Crippen LogP contribution in [0, 0.1) is 5.92 Å². The zero-order valence-corrected chi connectivity index (χ0v) is 12.4. The normalized spacial score (nSPS) is 19.8. The van der Waals surface area contributed by atoms with E-state index in [2.05, 4.69) is 27.8 Å². The van der Waals surface area contributed by atoms with Crippen LogP contribution in [0.5, 0.6) is 0 Å². The lowest BCUT2D eigenvalue weighted by Crippen LogP contribution is -2.35. The van der Waals surface area contributed by atoms with Crippen molar-refractivity contribution in [1.82, 2.24) is 20.3 Å². The first-order valence-electron chi connectivity index (χ1n) is 7.59. The zero-order chi connectivity index (χ0) is 15.2. The van der Waals surface area contributed by atoms with Gasteiger partial charge in [-0.15, -0.1) is 5.10 Å². The van der Waals surface area contributed by atoms with Crippen LogP contribution in [0.3, 0.4) is 0 Å². The lowest BCUT2D eigenvalue weighted by molar-refractivity contribution is -0.125. The van der Waals surface area contributed by atoms with Gasteiger partial charge in [0, 0.05) is 19.0 Å². The summed E-state index contributed by atoms with van der Waals surface area (Å²) in [6, 6.07) is 10.1. The molecule has 1 aliphatic heterocycles. The van der Waals surface area contributed by atoms with E-state index in [1.54, 1.807) is 4.68 Å². The van der Waals surface area contributed by atoms with Crippen LogP contribution in [0.2, 0.25) is 0 Å². The molecule has 6 nitrogen and oxygen atoms in total. The van der Waals surface area contributed by atoms with Crippen LogP contribution in [-0.2, 0) is 29.1 Å². The number of hydrogen-bond donors (Lipinski definition) is 1. The summed E-state index contributed by atoms with van der Waals surface area (Å²) in [7, 11) is 0. The minimum atomic E-state index is -0.0746. The molecule has 2 aromatic rings. The monoisotopic (exact) mass is 300 g/mol. The summed E-state index contributed by atoms with van der Waals surface area (Å²) in [4.78, 5) is 12.4. The molecule has 1 aromatic carbocycles. The van der Waals surface area contributed by atoms with Gasteiger partial charge in [-0.25, -0.2) is 0 Å². The average molecular weight is 300 g/mol. The van der Waals surface area contributed by atoms with E-state index < -0.39 is 0 Å². The van der Waals surface area contributed by atoms with Crippen molar-refractivity contribution in [2.75, 3.05) is 13.2 Å². The van der Waals surface area contributed by atoms with Crippen LogP contribution in [0.4, 0.5) is 0 Å². The molecule has 2 heterocycles. The molecule has 1 aromatic heterocycles. The molecular formula is C16H20N4O2. The van der Waals surface area contributed by atoms with E-state index in [9.17, 15) is 4.79 Å². The van der Waals surface area contributed by atoms with Crippen molar-refractivity contribution in [2.24, 2.45) is 5.92 Å². The predicted molar refractivity (Wildman–Crippen MR) is 80.9 cm³/mol. The minimum Gasteiger partial charge on any atom is -0.373 e. The highest BCUT2D eigenvalue weighted by molar-refractivity contribution is 5.78. The van der Waals surface area contributed by atoms with Crippen molar-refractivity contribution in [3.63, 3.8) is 0 Å². The second-order valence-electron chi connectivity index (χ2n) is 5.49. The van der Waals surface area contributed by atoms with Crippen molar-refractivity contribution < 1.29 is 9.53 Å². The summed E-state index contributed by atoms with van der Waals surface area (Å²) in [5.74, 6) is 0.00263. The van der Waals surface area contributed by atoms with Crippen molar-refractivity contribution in [2.45, 2.75) is 26.0 Å². The van der Waals surface area contributed by atoms with Gasteiger partial charge in [-0.05, 0) is 18.4 Å². The van der Waals surface area contributed by atoms with Crippen LogP contribution >= 0.6 is 0 Å². The summed E-state index contributed by atoms with van der Waals surface area (Å²) >= 11 is 0. The second kappa shape index (κ2) is 7.17. The highest BCUT2D eigenvalue weighted by Gasteiger charge is 2.19. The number of aromatic nitrogens is 3. The third kappa shape index (κ3) is 3.92. The molecule has 116 valence electrons. The Balaban J connectivity index is 1.72. The Morgan fingerprint density at radius 3 is 3.05 bits per heavy atom. The number of rotatable bonds is 2. The number of fused-ring (bicyclic) bond motifs is 2. The minimum absolute atomic E-state index is 0.0746. The van der Waals surface area contributed by atoms with Crippen LogP contribution in [0.15, 0.2) is 36.5 Å². The highest BCUT2D eigenvalue weighted by Crippen LogP contribution is 2.14. The Kier molecular flexibility index (Phi) is 4.80. The molecule has 3 rings (SSSR count). The number of carbonyl (C=O) groups is 1. The molecule has 2 bridgehead atoms. The zero-order valence-electron chi connectivity index (χ0n) is 12.4. The van der Waals surface area contributed by atoms with Gasteiger partial charge in [0.1, 0.15) is 5.69 Å². The summed E-state index contributed by atoms with van der Waals surface area (Å²) in [5.41, 5.74) is 2.00. The third-order valence-corrected chi connectivity index (χ3v) is 3.78. The van der Waals surface area contributed by atoms with Crippen molar-refractivity contribution in [3.8, 4) is 0 Å². The third-order valence-electron chi connectivity index (χ3n) is 3.78. The van der Waals surface area contributed by atoms with Gasteiger partial charge in [-0.1, -0.05) is 35.5 Å². The molecule has 0 spiro atoms. The van der Waals surface area contributed by atoms with Crippen molar-refractivity contribution >= 4 is 5.91 Å². The number of benzene rings is 1. The smallest absolute Gasteiger partial charge is 0.223 e. The van der Waals surface area contributed by atoms with Gasteiger partial charge >= 0.3 is 0 Å². The fraction of sp³-hybridized carbons (Fsp3) is 0.438. The van der Waals surface area contributed by atoms with Gasteiger partial charge in [0.25, 0.3) is 0 Å². The van der Waals surface area contributed by atoms with E-state index in [1.807, 2.05) is 24.4 Å². The van der Waals surface area contributed by atoms with Crippen molar-refractivity contribution in [1.29, 1.82) is 0 Å². The number of nitrogens with zero attached hydrogens (tertiary/aromatic N) is 3. The highest BCUT2D eigenvalue weighted by atomic mass is 16.5. The molecule has 1 amide bonds. The quantitative estimate of drug-likeness (QED) is 0.904. The Morgan fingerprint density at radius 2 is 2.18 bits per heavy atom. The molecule has 0 saturated heterocycles. The Morgan fingerprint density at radius 1 is 1.32 bits per heavy atom. The topological polar surface area (TPSA) is 69.0 Å². The lowest BCUT2D eigenvalue weighted by atomic mass is 9.95. The van der Waals surface area contributed by atoms with Gasteiger partial charge in [-0.2, -0.15) is 0 Å². The summed E-state index contributed by atoms with van der Waals surface area (Å²) in [6.07, 6.45) is 3.36. The fourth-order valence-electron chi connectivity index (χ4n) is 2.59. The fourth-order valence-corrected chi connectivity index (χ4v) is 2.59. The molecule has 22 heavy (non-hydrogen) atoms. The maximum absolute atomic E-state index is 12.4. The van der Waals surface area contributed by atoms with E-state index in [0.717, 1.165) is 18.5 Å². The van der Waals surface area contributed by atoms with Crippen molar-refractivity contribution in [3.05, 3.63) is 47.8 Å². The van der Waals surface area contributed by atoms with E-state index >= 15 is 0 Å². The Bertz CT molecular complexity index is 612. The number of carbonyl (C=O) groups excluding carboxylic acids is 1. The maximum Gasteiger partial charge on any atom is 0.223 e. The maximum atomic E-state index is 12.4.